The molecule has 0 atom stereocenters. The molecule has 2 aromatic heterocycles. The first kappa shape index (κ1) is 22.2. The Hall–Kier alpha value is -3.48. The van der Waals surface area contributed by atoms with Gasteiger partial charge < -0.3 is 15.0 Å². The van der Waals surface area contributed by atoms with E-state index in [2.05, 4.69) is 10.3 Å². The van der Waals surface area contributed by atoms with E-state index in [0.717, 1.165) is 16.5 Å². The Morgan fingerprint density at radius 3 is 2.48 bits per heavy atom. The van der Waals surface area contributed by atoms with Crippen molar-refractivity contribution >= 4 is 22.9 Å². The fourth-order valence-electron chi connectivity index (χ4n) is 3.14. The number of likely N-dealkylation sites (N-methyl/N-ethyl adjacent to an activating group) is 1. The van der Waals surface area contributed by atoms with Gasteiger partial charge in [-0.25, -0.2) is 9.78 Å². The molecule has 0 radical (unpaired) electrons. The van der Waals surface area contributed by atoms with Crippen molar-refractivity contribution in [1.82, 2.24) is 20.2 Å². The van der Waals surface area contributed by atoms with Crippen LogP contribution in [-0.2, 0) is 4.74 Å². The summed E-state index contributed by atoms with van der Waals surface area (Å²) in [5.74, 6) is -0.214. The lowest BCUT2D eigenvalue weighted by Gasteiger charge is -2.26. The minimum absolute atomic E-state index is 0.214. The number of nitrogens with one attached hydrogen (secondary N) is 1. The number of hydrogen-bond donors (Lipinski definition) is 1. The van der Waals surface area contributed by atoms with E-state index >= 15 is 0 Å². The molecule has 0 aliphatic heterocycles. The van der Waals surface area contributed by atoms with E-state index < -0.39 is 11.7 Å². The Kier molecular flexibility index (Phi) is 6.84. The molecule has 1 aromatic carbocycles. The zero-order valence-corrected chi connectivity index (χ0v) is 18.4. The summed E-state index contributed by atoms with van der Waals surface area (Å²) in [6, 6.07) is 13.1. The number of rotatable bonds is 6. The van der Waals surface area contributed by atoms with Crippen molar-refractivity contribution < 1.29 is 14.3 Å². The molecule has 0 unspecified atom stereocenters. The molecule has 7 heteroatoms. The predicted octanol–water partition coefficient (Wildman–Crippen LogP) is 4.28. The molecule has 0 fully saturated rings. The Bertz CT molecular complexity index is 1060. The number of benzene rings is 1. The second kappa shape index (κ2) is 9.55. The summed E-state index contributed by atoms with van der Waals surface area (Å²) in [6.45, 7) is 8.53. The number of carbonyl (C=O) groups excluding carboxylic acids is 2. The summed E-state index contributed by atoms with van der Waals surface area (Å²) in [5.41, 5.74) is 2.31. The van der Waals surface area contributed by atoms with Gasteiger partial charge in [0.05, 0.1) is 16.8 Å². The Labute approximate surface area is 182 Å². The number of pyridine rings is 2. The van der Waals surface area contributed by atoms with Crippen molar-refractivity contribution in [3.05, 3.63) is 60.4 Å². The van der Waals surface area contributed by atoms with Crippen LogP contribution in [0.4, 0.5) is 4.79 Å². The monoisotopic (exact) mass is 420 g/mol. The fraction of sp³-hybridized carbons (Fsp3) is 0.333. The fourth-order valence-corrected chi connectivity index (χ4v) is 3.14. The molecule has 3 aromatic rings. The number of hydrogen-bond acceptors (Lipinski definition) is 5. The summed E-state index contributed by atoms with van der Waals surface area (Å²) < 4.78 is 5.42. The molecule has 3 rings (SSSR count). The molecule has 2 heterocycles. The first-order chi connectivity index (χ1) is 14.8. The van der Waals surface area contributed by atoms with E-state index in [1.165, 1.54) is 0 Å². The van der Waals surface area contributed by atoms with Crippen LogP contribution in [0.15, 0.2) is 54.9 Å². The quantitative estimate of drug-likeness (QED) is 0.643. The minimum atomic E-state index is -0.562. The second-order valence-electron chi connectivity index (χ2n) is 8.12. The summed E-state index contributed by atoms with van der Waals surface area (Å²) in [6.07, 6.45) is 3.00. The Balaban J connectivity index is 1.77. The van der Waals surface area contributed by atoms with Gasteiger partial charge in [-0.1, -0.05) is 18.2 Å². The molecule has 0 spiro atoms. The number of aromatic nitrogens is 2. The van der Waals surface area contributed by atoms with E-state index in [1.807, 2.05) is 64.1 Å². The maximum atomic E-state index is 13.0. The SMILES string of the molecule is CCN(CCNC(=O)c1cc(-c2ccncc2)nc2ccccc12)C(=O)OC(C)(C)C. The van der Waals surface area contributed by atoms with Crippen LogP contribution in [0.1, 0.15) is 38.1 Å². The summed E-state index contributed by atoms with van der Waals surface area (Å²) in [7, 11) is 0. The largest absolute Gasteiger partial charge is 0.444 e. The summed E-state index contributed by atoms with van der Waals surface area (Å²) in [5, 5.41) is 3.70. The number of carbonyl (C=O) groups is 2. The van der Waals surface area contributed by atoms with Crippen LogP contribution in [0.3, 0.4) is 0 Å². The van der Waals surface area contributed by atoms with Crippen molar-refractivity contribution in [3.8, 4) is 11.3 Å². The molecule has 2 amide bonds. The van der Waals surface area contributed by atoms with Gasteiger partial charge >= 0.3 is 6.09 Å². The highest BCUT2D eigenvalue weighted by Crippen LogP contribution is 2.24. The van der Waals surface area contributed by atoms with Crippen molar-refractivity contribution in [2.24, 2.45) is 0 Å². The molecule has 7 nitrogen and oxygen atoms in total. The van der Waals surface area contributed by atoms with Gasteiger partial charge in [0, 0.05) is 43.0 Å². The average molecular weight is 421 g/mol. The third-order valence-corrected chi connectivity index (χ3v) is 4.64. The Morgan fingerprint density at radius 1 is 1.10 bits per heavy atom. The van der Waals surface area contributed by atoms with Crippen molar-refractivity contribution in [2.45, 2.75) is 33.3 Å². The highest BCUT2D eigenvalue weighted by molar-refractivity contribution is 6.07. The first-order valence-corrected chi connectivity index (χ1v) is 10.3. The normalized spacial score (nSPS) is 11.2. The van der Waals surface area contributed by atoms with Gasteiger partial charge in [-0.3, -0.25) is 9.78 Å². The summed E-state index contributed by atoms with van der Waals surface area (Å²) >= 11 is 0. The molecule has 0 aliphatic rings. The maximum absolute atomic E-state index is 13.0. The number of fused-ring (bicyclic) bond motifs is 1. The lowest BCUT2D eigenvalue weighted by atomic mass is 10.0. The van der Waals surface area contributed by atoms with Crippen LogP contribution in [0.2, 0.25) is 0 Å². The highest BCUT2D eigenvalue weighted by atomic mass is 16.6. The third-order valence-electron chi connectivity index (χ3n) is 4.64. The number of amides is 2. The molecule has 0 saturated carbocycles. The number of nitrogens with zero attached hydrogens (tertiary/aromatic N) is 3. The van der Waals surface area contributed by atoms with E-state index in [0.29, 0.717) is 30.9 Å². The van der Waals surface area contributed by atoms with E-state index in [1.54, 1.807) is 23.4 Å². The van der Waals surface area contributed by atoms with Crippen molar-refractivity contribution in [2.75, 3.05) is 19.6 Å². The average Bonchev–Trinajstić information content (AvgIpc) is 2.75. The smallest absolute Gasteiger partial charge is 0.410 e. The van der Waals surface area contributed by atoms with E-state index in [9.17, 15) is 9.59 Å². The first-order valence-electron chi connectivity index (χ1n) is 10.3. The topological polar surface area (TPSA) is 84.4 Å². The molecular weight excluding hydrogens is 392 g/mol. The molecule has 31 heavy (non-hydrogen) atoms. The van der Waals surface area contributed by atoms with Gasteiger partial charge in [-0.05, 0) is 52.0 Å². The van der Waals surface area contributed by atoms with Gasteiger partial charge in [0.25, 0.3) is 5.91 Å². The van der Waals surface area contributed by atoms with Gasteiger partial charge in [-0.2, -0.15) is 0 Å². The van der Waals surface area contributed by atoms with Crippen LogP contribution in [-0.4, -0.2) is 52.1 Å². The van der Waals surface area contributed by atoms with Gasteiger partial charge in [-0.15, -0.1) is 0 Å². The van der Waals surface area contributed by atoms with Crippen molar-refractivity contribution in [1.29, 1.82) is 0 Å². The lowest BCUT2D eigenvalue weighted by molar-refractivity contribution is 0.0261. The van der Waals surface area contributed by atoms with Gasteiger partial charge in [0.15, 0.2) is 0 Å². The van der Waals surface area contributed by atoms with E-state index in [4.69, 9.17) is 9.72 Å². The number of para-hydroxylation sites is 1. The van der Waals surface area contributed by atoms with Crippen LogP contribution in [0.5, 0.6) is 0 Å². The maximum Gasteiger partial charge on any atom is 0.410 e. The van der Waals surface area contributed by atoms with Gasteiger partial charge in [0.1, 0.15) is 5.60 Å². The molecule has 0 bridgehead atoms. The second-order valence-corrected chi connectivity index (χ2v) is 8.12. The molecule has 0 saturated heterocycles. The zero-order valence-electron chi connectivity index (χ0n) is 18.4. The minimum Gasteiger partial charge on any atom is -0.444 e. The van der Waals surface area contributed by atoms with Crippen LogP contribution in [0.25, 0.3) is 22.2 Å². The van der Waals surface area contributed by atoms with Gasteiger partial charge in [0.2, 0.25) is 0 Å². The highest BCUT2D eigenvalue weighted by Gasteiger charge is 2.21. The standard InChI is InChI=1S/C24H28N4O3/c1-5-28(23(30)31-24(2,3)4)15-14-26-22(29)19-16-21(17-10-12-25-13-11-17)27-20-9-7-6-8-18(19)20/h6-13,16H,5,14-15H2,1-4H3,(H,26,29). The summed E-state index contributed by atoms with van der Waals surface area (Å²) in [4.78, 5) is 35.6. The predicted molar refractivity (Wildman–Crippen MR) is 121 cm³/mol. The van der Waals surface area contributed by atoms with Crippen LogP contribution >= 0.6 is 0 Å². The molecule has 0 aliphatic carbocycles. The molecule has 162 valence electrons. The molecule has 1 N–H and O–H groups in total. The lowest BCUT2D eigenvalue weighted by Crippen LogP contribution is -2.41. The molecular formula is C24H28N4O3. The number of ether oxygens (including phenoxy) is 1. The zero-order chi connectivity index (χ0) is 22.4. The van der Waals surface area contributed by atoms with Crippen LogP contribution in [0, 0.1) is 0 Å². The van der Waals surface area contributed by atoms with E-state index in [-0.39, 0.29) is 5.91 Å². The Morgan fingerprint density at radius 2 is 1.81 bits per heavy atom. The van der Waals surface area contributed by atoms with Crippen molar-refractivity contribution in [3.63, 3.8) is 0 Å². The van der Waals surface area contributed by atoms with Crippen LogP contribution < -0.4 is 5.32 Å². The third kappa shape index (κ3) is 5.78.